The number of hydrogen-bond acceptors (Lipinski definition) is 3. The Balaban J connectivity index is 1.94. The van der Waals surface area contributed by atoms with E-state index >= 15 is 0 Å². The third kappa shape index (κ3) is 4.25. The lowest BCUT2D eigenvalue weighted by Crippen LogP contribution is -2.50. The van der Waals surface area contributed by atoms with E-state index in [0.29, 0.717) is 13.1 Å². The largest absolute Gasteiger partial charge is 0.444 e. The molecule has 0 aromatic heterocycles. The van der Waals surface area contributed by atoms with Crippen LogP contribution in [0.15, 0.2) is 30.3 Å². The van der Waals surface area contributed by atoms with E-state index in [0.717, 1.165) is 18.7 Å². The lowest BCUT2D eigenvalue weighted by atomic mass is 10.1. The van der Waals surface area contributed by atoms with E-state index < -0.39 is 5.60 Å². The zero-order valence-electron chi connectivity index (χ0n) is 13.6. The summed E-state index contributed by atoms with van der Waals surface area (Å²) >= 11 is 0. The first-order chi connectivity index (χ1) is 10.4. The minimum Gasteiger partial charge on any atom is -0.444 e. The van der Waals surface area contributed by atoms with Gasteiger partial charge in [-0.15, -0.1) is 6.42 Å². The summed E-state index contributed by atoms with van der Waals surface area (Å²) in [5, 5.41) is 0. The molecule has 1 aliphatic heterocycles. The summed E-state index contributed by atoms with van der Waals surface area (Å²) in [6.45, 7) is 8.42. The number of hydrogen-bond donors (Lipinski definition) is 0. The van der Waals surface area contributed by atoms with Crippen LogP contribution in [-0.2, 0) is 4.74 Å². The summed E-state index contributed by atoms with van der Waals surface area (Å²) in [5.74, 6) is 2.86. The van der Waals surface area contributed by atoms with Crippen LogP contribution in [0.2, 0.25) is 0 Å². The number of piperazine rings is 1. The van der Waals surface area contributed by atoms with Crippen molar-refractivity contribution in [3.05, 3.63) is 35.9 Å². The Kier molecular flexibility index (Phi) is 5.10. The molecule has 1 unspecified atom stereocenters. The molecule has 0 N–H and O–H groups in total. The van der Waals surface area contributed by atoms with Gasteiger partial charge < -0.3 is 9.64 Å². The van der Waals surface area contributed by atoms with E-state index in [2.05, 4.69) is 10.8 Å². The summed E-state index contributed by atoms with van der Waals surface area (Å²) in [7, 11) is 0. The van der Waals surface area contributed by atoms with Crippen molar-refractivity contribution in [3.8, 4) is 12.3 Å². The summed E-state index contributed by atoms with van der Waals surface area (Å²) in [5.41, 5.74) is 0.662. The van der Waals surface area contributed by atoms with Crippen LogP contribution in [0.5, 0.6) is 0 Å². The van der Waals surface area contributed by atoms with E-state index in [1.165, 1.54) is 0 Å². The van der Waals surface area contributed by atoms with Gasteiger partial charge in [0, 0.05) is 26.2 Å². The van der Waals surface area contributed by atoms with Gasteiger partial charge in [-0.25, -0.2) is 4.79 Å². The zero-order chi connectivity index (χ0) is 16.2. The van der Waals surface area contributed by atoms with Crippen molar-refractivity contribution < 1.29 is 9.53 Å². The molecule has 1 aliphatic rings. The first kappa shape index (κ1) is 16.4. The summed E-state index contributed by atoms with van der Waals surface area (Å²) < 4.78 is 5.41. The number of nitrogens with zero attached hydrogens (tertiary/aromatic N) is 2. The molecule has 0 bridgehead atoms. The van der Waals surface area contributed by atoms with Gasteiger partial charge in [-0.1, -0.05) is 36.3 Å². The predicted octanol–water partition coefficient (Wildman–Crippen LogP) is 2.91. The number of ether oxygens (including phenoxy) is 1. The molecule has 0 radical (unpaired) electrons. The number of carbonyl (C=O) groups is 1. The maximum Gasteiger partial charge on any atom is 0.410 e. The topological polar surface area (TPSA) is 32.8 Å². The number of benzene rings is 1. The molecule has 0 saturated carbocycles. The molecule has 118 valence electrons. The van der Waals surface area contributed by atoms with Gasteiger partial charge in [0.1, 0.15) is 5.60 Å². The molecule has 0 aliphatic carbocycles. The lowest BCUT2D eigenvalue weighted by Gasteiger charge is -2.38. The molecule has 1 atom stereocenters. The third-order valence-electron chi connectivity index (χ3n) is 3.60. The minimum absolute atomic E-state index is 0.0398. The second kappa shape index (κ2) is 6.85. The van der Waals surface area contributed by atoms with Crippen LogP contribution >= 0.6 is 0 Å². The Bertz CT molecular complexity index is 534. The summed E-state index contributed by atoms with van der Waals surface area (Å²) in [6, 6.07) is 10.0. The molecular weight excluding hydrogens is 276 g/mol. The Morgan fingerprint density at radius 2 is 1.77 bits per heavy atom. The molecular formula is C18H24N2O2. The van der Waals surface area contributed by atoms with Crippen LogP contribution in [0.4, 0.5) is 4.79 Å². The second-order valence-corrected chi connectivity index (χ2v) is 6.48. The second-order valence-electron chi connectivity index (χ2n) is 6.48. The van der Waals surface area contributed by atoms with E-state index in [9.17, 15) is 4.79 Å². The standard InChI is InChI=1S/C18H24N2O2/c1-5-16(15-9-7-6-8-10-15)19-11-13-20(14-12-19)17(21)22-18(2,3)4/h1,6-10,16H,11-14H2,2-4H3. The molecule has 4 nitrogen and oxygen atoms in total. The molecule has 1 aromatic carbocycles. The average Bonchev–Trinajstić information content (AvgIpc) is 2.48. The van der Waals surface area contributed by atoms with Gasteiger partial charge in [-0.3, -0.25) is 4.90 Å². The molecule has 1 fully saturated rings. The van der Waals surface area contributed by atoms with E-state index in [1.807, 2.05) is 51.1 Å². The van der Waals surface area contributed by atoms with E-state index in [-0.39, 0.29) is 12.1 Å². The van der Waals surface area contributed by atoms with Crippen molar-refractivity contribution >= 4 is 6.09 Å². The summed E-state index contributed by atoms with van der Waals surface area (Å²) in [6.07, 6.45) is 5.47. The van der Waals surface area contributed by atoms with E-state index in [4.69, 9.17) is 11.2 Å². The minimum atomic E-state index is -0.459. The van der Waals surface area contributed by atoms with Crippen molar-refractivity contribution in [2.45, 2.75) is 32.4 Å². The third-order valence-corrected chi connectivity index (χ3v) is 3.60. The van der Waals surface area contributed by atoms with Gasteiger partial charge in [0.15, 0.2) is 0 Å². The number of rotatable bonds is 2. The molecule has 22 heavy (non-hydrogen) atoms. The highest BCUT2D eigenvalue weighted by molar-refractivity contribution is 5.68. The number of amides is 1. The highest BCUT2D eigenvalue weighted by atomic mass is 16.6. The summed E-state index contributed by atoms with van der Waals surface area (Å²) in [4.78, 5) is 16.1. The first-order valence-corrected chi connectivity index (χ1v) is 7.64. The van der Waals surface area contributed by atoms with Gasteiger partial charge >= 0.3 is 6.09 Å². The maximum absolute atomic E-state index is 12.1. The Morgan fingerprint density at radius 1 is 1.18 bits per heavy atom. The van der Waals surface area contributed by atoms with Crippen LogP contribution in [0.3, 0.4) is 0 Å². The quantitative estimate of drug-likeness (QED) is 0.787. The van der Waals surface area contributed by atoms with Crippen LogP contribution < -0.4 is 0 Å². The molecule has 1 aromatic rings. The fourth-order valence-corrected chi connectivity index (χ4v) is 2.54. The molecule has 1 amide bonds. The van der Waals surface area contributed by atoms with Crippen molar-refractivity contribution in [3.63, 3.8) is 0 Å². The Labute approximate surface area is 133 Å². The van der Waals surface area contributed by atoms with Gasteiger partial charge in [-0.05, 0) is 26.3 Å². The van der Waals surface area contributed by atoms with Crippen molar-refractivity contribution in [2.24, 2.45) is 0 Å². The predicted molar refractivity (Wildman–Crippen MR) is 87.4 cm³/mol. The fraction of sp³-hybridized carbons (Fsp3) is 0.500. The highest BCUT2D eigenvalue weighted by Gasteiger charge is 2.28. The molecule has 1 saturated heterocycles. The Morgan fingerprint density at radius 3 is 2.27 bits per heavy atom. The van der Waals surface area contributed by atoms with Crippen LogP contribution in [0.25, 0.3) is 0 Å². The van der Waals surface area contributed by atoms with E-state index in [1.54, 1.807) is 4.90 Å². The number of carbonyl (C=O) groups excluding carboxylic acids is 1. The van der Waals surface area contributed by atoms with Crippen LogP contribution in [-0.4, -0.2) is 47.7 Å². The molecule has 1 heterocycles. The first-order valence-electron chi connectivity index (χ1n) is 7.64. The van der Waals surface area contributed by atoms with Crippen molar-refractivity contribution in [1.29, 1.82) is 0 Å². The Hall–Kier alpha value is -1.99. The zero-order valence-corrected chi connectivity index (χ0v) is 13.6. The number of terminal acetylenes is 1. The molecule has 0 spiro atoms. The van der Waals surface area contributed by atoms with Crippen LogP contribution in [0.1, 0.15) is 32.4 Å². The van der Waals surface area contributed by atoms with Gasteiger partial charge in [0.2, 0.25) is 0 Å². The lowest BCUT2D eigenvalue weighted by molar-refractivity contribution is 0.0125. The van der Waals surface area contributed by atoms with Gasteiger partial charge in [0.25, 0.3) is 0 Å². The smallest absolute Gasteiger partial charge is 0.410 e. The SMILES string of the molecule is C#CC(c1ccccc1)N1CCN(C(=O)OC(C)(C)C)CC1. The average molecular weight is 300 g/mol. The molecule has 4 heteroatoms. The fourth-order valence-electron chi connectivity index (χ4n) is 2.54. The van der Waals surface area contributed by atoms with Gasteiger partial charge in [-0.2, -0.15) is 0 Å². The maximum atomic E-state index is 12.1. The van der Waals surface area contributed by atoms with Crippen molar-refractivity contribution in [1.82, 2.24) is 9.80 Å². The monoisotopic (exact) mass is 300 g/mol. The highest BCUT2D eigenvalue weighted by Crippen LogP contribution is 2.22. The van der Waals surface area contributed by atoms with Crippen molar-refractivity contribution in [2.75, 3.05) is 26.2 Å². The van der Waals surface area contributed by atoms with Gasteiger partial charge in [0.05, 0.1) is 6.04 Å². The van der Waals surface area contributed by atoms with Crippen LogP contribution in [0, 0.1) is 12.3 Å². The molecule has 2 rings (SSSR count). The normalized spacial score (nSPS) is 17.6.